The Balaban J connectivity index is 2.14. The first-order chi connectivity index (χ1) is 7.92. The fourth-order valence-corrected chi connectivity index (χ4v) is 2.16. The normalized spacial score (nSPS) is 10.5. The molecule has 0 atom stereocenters. The summed E-state index contributed by atoms with van der Waals surface area (Å²) in [5.74, 6) is 0. The van der Waals surface area contributed by atoms with Gasteiger partial charge >= 0.3 is 0 Å². The Kier molecular flexibility index (Phi) is 3.91. The van der Waals surface area contributed by atoms with E-state index in [1.54, 1.807) is 0 Å². The molecule has 0 aliphatic heterocycles. The largest absolute Gasteiger partial charge is 0.413 e. The van der Waals surface area contributed by atoms with E-state index in [4.69, 9.17) is 4.43 Å². The van der Waals surface area contributed by atoms with Crippen LogP contribution >= 0.6 is 0 Å². The number of rotatable bonds is 5. The molecule has 0 aliphatic carbocycles. The minimum atomic E-state index is 0.511. The summed E-state index contributed by atoms with van der Waals surface area (Å²) in [6.45, 7) is 4.37. The van der Waals surface area contributed by atoms with Gasteiger partial charge in [0, 0.05) is 0 Å². The van der Waals surface area contributed by atoms with E-state index in [0.29, 0.717) is 16.4 Å². The van der Waals surface area contributed by atoms with Crippen LogP contribution in [0.15, 0.2) is 55.1 Å². The lowest BCUT2D eigenvalue weighted by Crippen LogP contribution is -1.98. The SMILES string of the molecule is C=CC[Si]OCc1cccc2ccccc12. The van der Waals surface area contributed by atoms with Crippen LogP contribution in [0.25, 0.3) is 10.8 Å². The molecule has 0 unspecified atom stereocenters. The molecular formula is C14H14OSi. The molecule has 0 saturated heterocycles. The summed E-state index contributed by atoms with van der Waals surface area (Å²) in [5, 5.41) is 2.56. The van der Waals surface area contributed by atoms with Crippen molar-refractivity contribution in [1.82, 2.24) is 0 Å². The van der Waals surface area contributed by atoms with Crippen LogP contribution in [-0.4, -0.2) is 9.76 Å². The molecule has 0 bridgehead atoms. The smallest absolute Gasteiger partial charge is 0.234 e. The molecule has 0 spiro atoms. The second-order valence-corrected chi connectivity index (χ2v) is 4.55. The quantitative estimate of drug-likeness (QED) is 0.430. The van der Waals surface area contributed by atoms with Gasteiger partial charge in [-0.25, -0.2) is 0 Å². The van der Waals surface area contributed by atoms with Gasteiger partial charge in [0.2, 0.25) is 9.76 Å². The number of benzene rings is 2. The van der Waals surface area contributed by atoms with Gasteiger partial charge in [0.05, 0.1) is 6.61 Å². The van der Waals surface area contributed by atoms with Crippen molar-refractivity contribution in [2.45, 2.75) is 12.7 Å². The van der Waals surface area contributed by atoms with Crippen molar-refractivity contribution in [1.29, 1.82) is 0 Å². The Morgan fingerprint density at radius 1 is 1.12 bits per heavy atom. The molecule has 0 N–H and O–H groups in total. The van der Waals surface area contributed by atoms with Crippen LogP contribution in [-0.2, 0) is 11.0 Å². The maximum atomic E-state index is 5.62. The Bertz CT molecular complexity index is 474. The summed E-state index contributed by atoms with van der Waals surface area (Å²) in [7, 11) is 0.511. The monoisotopic (exact) mass is 226 g/mol. The van der Waals surface area contributed by atoms with Gasteiger partial charge in [0.15, 0.2) is 0 Å². The minimum absolute atomic E-state index is 0.511. The topological polar surface area (TPSA) is 9.23 Å². The summed E-state index contributed by atoms with van der Waals surface area (Å²) in [5.41, 5.74) is 1.26. The first-order valence-electron chi connectivity index (χ1n) is 5.34. The van der Waals surface area contributed by atoms with E-state index in [1.807, 2.05) is 6.08 Å². The highest BCUT2D eigenvalue weighted by Crippen LogP contribution is 2.18. The van der Waals surface area contributed by atoms with Crippen molar-refractivity contribution in [3.63, 3.8) is 0 Å². The van der Waals surface area contributed by atoms with Gasteiger partial charge in [-0.1, -0.05) is 48.5 Å². The van der Waals surface area contributed by atoms with E-state index in [9.17, 15) is 0 Å². The van der Waals surface area contributed by atoms with Crippen LogP contribution in [0, 0.1) is 0 Å². The molecule has 0 heterocycles. The van der Waals surface area contributed by atoms with Gasteiger partial charge < -0.3 is 4.43 Å². The number of fused-ring (bicyclic) bond motifs is 1. The molecule has 1 nitrogen and oxygen atoms in total. The number of hydrogen-bond acceptors (Lipinski definition) is 1. The van der Waals surface area contributed by atoms with Gasteiger partial charge in [-0.3, -0.25) is 0 Å². The minimum Gasteiger partial charge on any atom is -0.413 e. The van der Waals surface area contributed by atoms with Gasteiger partial charge in [0.1, 0.15) is 0 Å². The average Bonchev–Trinajstić information content (AvgIpc) is 2.35. The second kappa shape index (κ2) is 5.63. The van der Waals surface area contributed by atoms with Crippen molar-refractivity contribution < 1.29 is 4.43 Å². The predicted octanol–water partition coefficient (Wildman–Crippen LogP) is 3.58. The van der Waals surface area contributed by atoms with Crippen molar-refractivity contribution >= 4 is 20.5 Å². The van der Waals surface area contributed by atoms with Crippen LogP contribution in [0.1, 0.15) is 5.56 Å². The van der Waals surface area contributed by atoms with Crippen molar-refractivity contribution in [2.24, 2.45) is 0 Å². The third-order valence-corrected chi connectivity index (χ3v) is 3.24. The molecule has 2 aromatic carbocycles. The Morgan fingerprint density at radius 2 is 1.94 bits per heavy atom. The van der Waals surface area contributed by atoms with E-state index in [0.717, 1.165) is 6.04 Å². The Hall–Kier alpha value is -1.38. The molecule has 0 saturated carbocycles. The third kappa shape index (κ3) is 2.59. The van der Waals surface area contributed by atoms with Gasteiger partial charge in [-0.15, -0.1) is 6.58 Å². The maximum absolute atomic E-state index is 5.62. The summed E-state index contributed by atoms with van der Waals surface area (Å²) in [6, 6.07) is 15.7. The van der Waals surface area contributed by atoms with Crippen LogP contribution in [0.5, 0.6) is 0 Å². The van der Waals surface area contributed by atoms with Gasteiger partial charge in [-0.2, -0.15) is 0 Å². The van der Waals surface area contributed by atoms with Crippen LogP contribution in [0.2, 0.25) is 6.04 Å². The van der Waals surface area contributed by atoms with E-state index in [2.05, 4.69) is 49.0 Å². The van der Waals surface area contributed by atoms with Gasteiger partial charge in [0.25, 0.3) is 0 Å². The third-order valence-electron chi connectivity index (χ3n) is 2.44. The molecule has 2 aromatic rings. The molecule has 0 aliphatic rings. The summed E-state index contributed by atoms with van der Waals surface area (Å²) in [4.78, 5) is 0. The maximum Gasteiger partial charge on any atom is 0.234 e. The molecule has 2 rings (SSSR count). The lowest BCUT2D eigenvalue weighted by Gasteiger charge is -2.06. The highest BCUT2D eigenvalue weighted by atomic mass is 28.2. The zero-order valence-corrected chi connectivity index (χ0v) is 10.1. The first-order valence-corrected chi connectivity index (χ1v) is 6.45. The van der Waals surface area contributed by atoms with E-state index >= 15 is 0 Å². The first kappa shape index (κ1) is 11.1. The second-order valence-electron chi connectivity index (χ2n) is 3.56. The highest BCUT2D eigenvalue weighted by Gasteiger charge is 1.99. The Labute approximate surface area is 98.7 Å². The molecular weight excluding hydrogens is 212 g/mol. The predicted molar refractivity (Wildman–Crippen MR) is 69.5 cm³/mol. The van der Waals surface area contributed by atoms with Crippen LogP contribution in [0.3, 0.4) is 0 Å². The van der Waals surface area contributed by atoms with Crippen molar-refractivity contribution in [3.8, 4) is 0 Å². The summed E-state index contributed by atoms with van der Waals surface area (Å²) in [6.07, 6.45) is 1.89. The molecule has 80 valence electrons. The van der Waals surface area contributed by atoms with Crippen molar-refractivity contribution in [3.05, 3.63) is 60.7 Å². The van der Waals surface area contributed by atoms with E-state index in [1.165, 1.54) is 16.3 Å². The lowest BCUT2D eigenvalue weighted by atomic mass is 10.1. The van der Waals surface area contributed by atoms with Crippen molar-refractivity contribution in [2.75, 3.05) is 0 Å². The summed E-state index contributed by atoms with van der Waals surface area (Å²) < 4.78 is 5.62. The fourth-order valence-electron chi connectivity index (χ4n) is 1.66. The zero-order valence-electron chi connectivity index (χ0n) is 9.15. The average molecular weight is 226 g/mol. The molecule has 2 heteroatoms. The molecule has 0 amide bonds. The fraction of sp³-hybridized carbons (Fsp3) is 0.143. The zero-order chi connectivity index (χ0) is 11.2. The van der Waals surface area contributed by atoms with E-state index in [-0.39, 0.29) is 0 Å². The molecule has 0 aromatic heterocycles. The standard InChI is InChI=1S/C14H14OSi/c1-2-10-16-15-11-13-8-5-7-12-6-3-4-9-14(12)13/h2-9H,1,10-11H2. The lowest BCUT2D eigenvalue weighted by molar-refractivity contribution is 0.327. The molecule has 0 fully saturated rings. The summed E-state index contributed by atoms with van der Waals surface area (Å²) >= 11 is 0. The van der Waals surface area contributed by atoms with Gasteiger partial charge in [-0.05, 0) is 22.4 Å². The number of hydrogen-bond donors (Lipinski definition) is 0. The Morgan fingerprint density at radius 3 is 2.81 bits per heavy atom. The number of allylic oxidation sites excluding steroid dienone is 1. The highest BCUT2D eigenvalue weighted by molar-refractivity contribution is 6.27. The van der Waals surface area contributed by atoms with Crippen LogP contribution in [0.4, 0.5) is 0 Å². The molecule has 2 radical (unpaired) electrons. The van der Waals surface area contributed by atoms with E-state index < -0.39 is 0 Å². The van der Waals surface area contributed by atoms with Crippen LogP contribution < -0.4 is 0 Å². The molecule has 16 heavy (non-hydrogen) atoms.